The van der Waals surface area contributed by atoms with Crippen LogP contribution in [0, 0.1) is 5.92 Å². The summed E-state index contributed by atoms with van der Waals surface area (Å²) in [6.07, 6.45) is -0.192. The fraction of sp³-hybridized carbons (Fsp3) is 0.500. The van der Waals surface area contributed by atoms with Gasteiger partial charge in [-0.3, -0.25) is 4.79 Å². The number of aliphatic hydroxyl groups is 1. The Balaban J connectivity index is 2.72. The second-order valence-electron chi connectivity index (χ2n) is 5.24. The van der Waals surface area contributed by atoms with Crippen molar-refractivity contribution in [1.29, 1.82) is 0 Å². The summed E-state index contributed by atoms with van der Waals surface area (Å²) in [5.74, 6) is 0.00982. The van der Waals surface area contributed by atoms with Crippen LogP contribution in [-0.2, 0) is 10.0 Å². The topological polar surface area (TPSA) is 95.5 Å². The Bertz CT molecular complexity index is 567. The molecule has 7 heteroatoms. The van der Waals surface area contributed by atoms with Crippen LogP contribution in [-0.4, -0.2) is 39.1 Å². The molecule has 1 rings (SSSR count). The normalized spacial score (nSPS) is 13.2. The highest BCUT2D eigenvalue weighted by atomic mass is 32.2. The number of nitrogens with one attached hydrogen (secondary N) is 2. The van der Waals surface area contributed by atoms with Gasteiger partial charge in [-0.25, -0.2) is 13.1 Å². The van der Waals surface area contributed by atoms with E-state index in [9.17, 15) is 18.3 Å². The lowest BCUT2D eigenvalue weighted by Crippen LogP contribution is -2.32. The van der Waals surface area contributed by atoms with Crippen molar-refractivity contribution >= 4 is 15.9 Å². The van der Waals surface area contributed by atoms with E-state index < -0.39 is 16.1 Å². The summed E-state index contributed by atoms with van der Waals surface area (Å²) in [5, 5.41) is 12.2. The maximum absolute atomic E-state index is 12.1. The highest BCUT2D eigenvalue weighted by Crippen LogP contribution is 2.11. The molecule has 118 valence electrons. The maximum Gasteiger partial charge on any atom is 0.251 e. The molecular weight excluding hydrogens is 292 g/mol. The van der Waals surface area contributed by atoms with E-state index in [1.165, 1.54) is 31.3 Å². The number of carbonyl (C=O) groups is 1. The number of carbonyl (C=O) groups excluding carboxylic acids is 1. The molecule has 1 amide bonds. The minimum Gasteiger partial charge on any atom is -0.392 e. The molecule has 1 atom stereocenters. The molecule has 0 bridgehead atoms. The van der Waals surface area contributed by atoms with E-state index in [0.29, 0.717) is 12.0 Å². The summed E-state index contributed by atoms with van der Waals surface area (Å²) in [7, 11) is -2.18. The summed E-state index contributed by atoms with van der Waals surface area (Å²) in [4.78, 5) is 11.4. The van der Waals surface area contributed by atoms with Crippen molar-refractivity contribution in [3.63, 3.8) is 0 Å². The zero-order valence-electron chi connectivity index (χ0n) is 12.5. The number of sulfonamides is 1. The molecule has 6 nitrogen and oxygen atoms in total. The van der Waals surface area contributed by atoms with Crippen molar-refractivity contribution in [1.82, 2.24) is 10.0 Å². The molecule has 0 saturated heterocycles. The molecule has 0 fully saturated rings. The standard InChI is InChI=1S/C14H22N2O4S/c1-10(2)8-12(17)9-16-21(19,20)13-6-4-11(5-7-13)14(18)15-3/h4-7,10,12,16-17H,8-9H2,1-3H3,(H,15,18). The van der Waals surface area contributed by atoms with Crippen molar-refractivity contribution in [3.05, 3.63) is 29.8 Å². The van der Waals surface area contributed by atoms with Gasteiger partial charge in [0, 0.05) is 19.2 Å². The van der Waals surface area contributed by atoms with E-state index in [2.05, 4.69) is 10.0 Å². The van der Waals surface area contributed by atoms with Gasteiger partial charge in [0.1, 0.15) is 0 Å². The summed E-state index contributed by atoms with van der Waals surface area (Å²) < 4.78 is 26.5. The highest BCUT2D eigenvalue weighted by Gasteiger charge is 2.17. The molecule has 21 heavy (non-hydrogen) atoms. The van der Waals surface area contributed by atoms with Gasteiger partial charge in [0.15, 0.2) is 0 Å². The van der Waals surface area contributed by atoms with Crippen LogP contribution in [0.25, 0.3) is 0 Å². The first kappa shape index (κ1) is 17.6. The minimum atomic E-state index is -3.68. The van der Waals surface area contributed by atoms with Crippen LogP contribution in [0.2, 0.25) is 0 Å². The van der Waals surface area contributed by atoms with Gasteiger partial charge in [-0.1, -0.05) is 13.8 Å². The van der Waals surface area contributed by atoms with Crippen LogP contribution in [0.15, 0.2) is 29.2 Å². The Hall–Kier alpha value is -1.44. The Morgan fingerprint density at radius 3 is 2.29 bits per heavy atom. The maximum atomic E-state index is 12.1. The zero-order chi connectivity index (χ0) is 16.0. The third-order valence-corrected chi connectivity index (χ3v) is 4.35. The van der Waals surface area contributed by atoms with Crippen LogP contribution in [0.4, 0.5) is 0 Å². The zero-order valence-corrected chi connectivity index (χ0v) is 13.3. The smallest absolute Gasteiger partial charge is 0.251 e. The predicted molar refractivity (Wildman–Crippen MR) is 80.5 cm³/mol. The molecule has 0 aromatic heterocycles. The van der Waals surface area contributed by atoms with Crippen molar-refractivity contribution in [3.8, 4) is 0 Å². The Labute approximate surface area is 125 Å². The third-order valence-electron chi connectivity index (χ3n) is 2.91. The number of hydrogen-bond donors (Lipinski definition) is 3. The lowest BCUT2D eigenvalue weighted by molar-refractivity contribution is 0.0963. The largest absolute Gasteiger partial charge is 0.392 e. The number of amides is 1. The lowest BCUT2D eigenvalue weighted by atomic mass is 10.1. The molecule has 0 heterocycles. The lowest BCUT2D eigenvalue weighted by Gasteiger charge is -2.14. The van der Waals surface area contributed by atoms with Crippen molar-refractivity contribution in [2.75, 3.05) is 13.6 Å². The van der Waals surface area contributed by atoms with Gasteiger partial charge in [0.25, 0.3) is 5.91 Å². The van der Waals surface area contributed by atoms with Crippen LogP contribution in [0.1, 0.15) is 30.6 Å². The molecule has 0 aliphatic heterocycles. The van der Waals surface area contributed by atoms with Crippen molar-refractivity contribution in [2.45, 2.75) is 31.3 Å². The summed E-state index contributed by atoms with van der Waals surface area (Å²) in [6, 6.07) is 5.61. The Morgan fingerprint density at radius 2 is 1.81 bits per heavy atom. The van der Waals surface area contributed by atoms with Gasteiger partial charge in [0.2, 0.25) is 10.0 Å². The van der Waals surface area contributed by atoms with Gasteiger partial charge < -0.3 is 10.4 Å². The van der Waals surface area contributed by atoms with Gasteiger partial charge in [0.05, 0.1) is 11.0 Å². The first-order chi connectivity index (χ1) is 9.76. The summed E-state index contributed by atoms with van der Waals surface area (Å²) in [6.45, 7) is 3.88. The molecule has 0 spiro atoms. The predicted octanol–water partition coefficient (Wildman–Crippen LogP) is 0.731. The molecule has 0 aliphatic rings. The number of hydrogen-bond acceptors (Lipinski definition) is 4. The van der Waals surface area contributed by atoms with Gasteiger partial charge >= 0.3 is 0 Å². The second kappa shape index (κ2) is 7.53. The fourth-order valence-electron chi connectivity index (χ4n) is 1.85. The van der Waals surface area contributed by atoms with Crippen molar-refractivity contribution in [2.24, 2.45) is 5.92 Å². The summed E-state index contributed by atoms with van der Waals surface area (Å²) >= 11 is 0. The average Bonchev–Trinajstić information content (AvgIpc) is 2.44. The quantitative estimate of drug-likeness (QED) is 0.691. The van der Waals surface area contributed by atoms with Gasteiger partial charge in [-0.15, -0.1) is 0 Å². The Kier molecular flexibility index (Phi) is 6.32. The molecular formula is C14H22N2O4S. The van der Waals surface area contributed by atoms with Crippen LogP contribution >= 0.6 is 0 Å². The fourth-order valence-corrected chi connectivity index (χ4v) is 2.92. The van der Waals surface area contributed by atoms with Crippen LogP contribution < -0.4 is 10.0 Å². The number of aliphatic hydroxyl groups excluding tert-OH is 1. The Morgan fingerprint density at radius 1 is 1.24 bits per heavy atom. The van der Waals surface area contributed by atoms with E-state index in [-0.39, 0.29) is 23.3 Å². The number of rotatable bonds is 7. The first-order valence-electron chi connectivity index (χ1n) is 6.76. The molecule has 0 saturated carbocycles. The van der Waals surface area contributed by atoms with E-state index in [4.69, 9.17) is 0 Å². The van der Waals surface area contributed by atoms with Crippen LogP contribution in [0.5, 0.6) is 0 Å². The molecule has 1 unspecified atom stereocenters. The SMILES string of the molecule is CNC(=O)c1ccc(S(=O)(=O)NCC(O)CC(C)C)cc1. The van der Waals surface area contributed by atoms with E-state index in [1.807, 2.05) is 13.8 Å². The van der Waals surface area contributed by atoms with E-state index in [1.54, 1.807) is 0 Å². The second-order valence-corrected chi connectivity index (χ2v) is 7.01. The van der Waals surface area contributed by atoms with Crippen LogP contribution in [0.3, 0.4) is 0 Å². The third kappa shape index (κ3) is 5.45. The highest BCUT2D eigenvalue weighted by molar-refractivity contribution is 7.89. The van der Waals surface area contributed by atoms with Gasteiger partial charge in [-0.2, -0.15) is 0 Å². The first-order valence-corrected chi connectivity index (χ1v) is 8.24. The monoisotopic (exact) mass is 314 g/mol. The molecule has 3 N–H and O–H groups in total. The number of benzene rings is 1. The molecule has 1 aromatic rings. The molecule has 1 aromatic carbocycles. The molecule has 0 aliphatic carbocycles. The minimum absolute atomic E-state index is 0.0300. The van der Waals surface area contributed by atoms with E-state index in [0.717, 1.165) is 0 Å². The van der Waals surface area contributed by atoms with Gasteiger partial charge in [-0.05, 0) is 36.6 Å². The summed E-state index contributed by atoms with van der Waals surface area (Å²) in [5.41, 5.74) is 0.385. The van der Waals surface area contributed by atoms with Crippen molar-refractivity contribution < 1.29 is 18.3 Å². The molecule has 0 radical (unpaired) electrons. The van der Waals surface area contributed by atoms with E-state index >= 15 is 0 Å². The average molecular weight is 314 g/mol.